The number of nitrogens with zero attached hydrogens (tertiary/aromatic N) is 1. The van der Waals surface area contributed by atoms with Crippen LogP contribution in [0.15, 0.2) is 66.9 Å². The number of carboxylic acid groups (broad SMARTS) is 1. The Bertz CT molecular complexity index is 1150. The van der Waals surface area contributed by atoms with Crippen LogP contribution in [0.3, 0.4) is 0 Å². The second-order valence-electron chi connectivity index (χ2n) is 8.05. The van der Waals surface area contributed by atoms with Crippen LogP contribution in [0.25, 0.3) is 6.08 Å². The van der Waals surface area contributed by atoms with E-state index in [4.69, 9.17) is 21.4 Å². The molecule has 0 amide bonds. The molecule has 1 aromatic heterocycles. The first-order valence-electron chi connectivity index (χ1n) is 10.8. The summed E-state index contributed by atoms with van der Waals surface area (Å²) in [6.45, 7) is 0.461. The maximum atomic E-state index is 10.6. The Balaban J connectivity index is 0.00000324. The van der Waals surface area contributed by atoms with Gasteiger partial charge in [0.25, 0.3) is 0 Å². The lowest BCUT2D eigenvalue weighted by Crippen LogP contribution is -2.37. The van der Waals surface area contributed by atoms with E-state index in [1.165, 1.54) is 17.2 Å². The van der Waals surface area contributed by atoms with Crippen molar-refractivity contribution in [2.75, 3.05) is 6.54 Å². The zero-order valence-corrected chi connectivity index (χ0v) is 19.9. The monoisotopic (exact) mass is 500 g/mol. The molecule has 0 saturated heterocycles. The van der Waals surface area contributed by atoms with Gasteiger partial charge in [-0.05, 0) is 77.9 Å². The van der Waals surface area contributed by atoms with Gasteiger partial charge >= 0.3 is 5.97 Å². The van der Waals surface area contributed by atoms with Crippen LogP contribution in [0.2, 0.25) is 5.02 Å². The Hall–Kier alpha value is -2.90. The summed E-state index contributed by atoms with van der Waals surface area (Å²) in [5.41, 5.74) is 4.01. The molecule has 178 valence electrons. The van der Waals surface area contributed by atoms with E-state index in [0.29, 0.717) is 28.8 Å². The largest absolute Gasteiger partial charge is 0.478 e. The average Bonchev–Trinajstić information content (AvgIpc) is 2.82. The molecule has 8 heteroatoms. The van der Waals surface area contributed by atoms with Gasteiger partial charge in [0.05, 0.1) is 6.10 Å². The second kappa shape index (κ2) is 12.0. The minimum atomic E-state index is -1.00. The Morgan fingerprint density at radius 2 is 2.06 bits per heavy atom. The SMILES string of the molecule is Cl.O=C(O)C=Cc1ccc(Oc2ccc3c(c2)C[C@@H](NC[C@@H](O)c2cccc(Cl)c2)CC3)nc1. The number of halogens is 2. The molecule has 0 bridgehead atoms. The number of aryl methyl sites for hydroxylation is 1. The number of benzene rings is 2. The maximum Gasteiger partial charge on any atom is 0.328 e. The Labute approximate surface area is 209 Å². The van der Waals surface area contributed by atoms with Crippen molar-refractivity contribution in [3.05, 3.63) is 94.1 Å². The number of aliphatic carboxylic acids is 1. The molecule has 6 nitrogen and oxygen atoms in total. The number of aliphatic hydroxyl groups excluding tert-OH is 1. The third-order valence-electron chi connectivity index (χ3n) is 5.64. The summed E-state index contributed by atoms with van der Waals surface area (Å²) in [7, 11) is 0. The van der Waals surface area contributed by atoms with Gasteiger partial charge in [0.2, 0.25) is 5.88 Å². The highest BCUT2D eigenvalue weighted by atomic mass is 35.5. The molecule has 0 fully saturated rings. The van der Waals surface area contributed by atoms with Crippen LogP contribution < -0.4 is 10.1 Å². The molecule has 1 heterocycles. The summed E-state index contributed by atoms with van der Waals surface area (Å²) in [5, 5.41) is 23.3. The summed E-state index contributed by atoms with van der Waals surface area (Å²) in [6, 6.07) is 17.1. The van der Waals surface area contributed by atoms with E-state index in [-0.39, 0.29) is 18.4 Å². The van der Waals surface area contributed by atoms with E-state index < -0.39 is 12.1 Å². The van der Waals surface area contributed by atoms with Gasteiger partial charge in [0.1, 0.15) is 5.75 Å². The summed E-state index contributed by atoms with van der Waals surface area (Å²) >= 11 is 6.03. The first-order chi connectivity index (χ1) is 16.0. The van der Waals surface area contributed by atoms with E-state index in [1.807, 2.05) is 24.3 Å². The highest BCUT2D eigenvalue weighted by molar-refractivity contribution is 6.30. The maximum absolute atomic E-state index is 10.6. The molecule has 1 aliphatic rings. The molecule has 4 rings (SSSR count). The highest BCUT2D eigenvalue weighted by Crippen LogP contribution is 2.28. The number of nitrogens with one attached hydrogen (secondary N) is 1. The number of aliphatic hydroxyl groups is 1. The minimum absolute atomic E-state index is 0. The van der Waals surface area contributed by atoms with Gasteiger partial charge in [0.15, 0.2) is 0 Å². The summed E-state index contributed by atoms with van der Waals surface area (Å²) in [6.07, 6.45) is 6.32. The van der Waals surface area contributed by atoms with Crippen molar-refractivity contribution >= 4 is 36.1 Å². The van der Waals surface area contributed by atoms with E-state index in [9.17, 15) is 9.90 Å². The van der Waals surface area contributed by atoms with Crippen LogP contribution in [0.4, 0.5) is 0 Å². The van der Waals surface area contributed by atoms with Crippen LogP contribution in [-0.2, 0) is 17.6 Å². The van der Waals surface area contributed by atoms with Crippen molar-refractivity contribution in [1.29, 1.82) is 0 Å². The third kappa shape index (κ3) is 7.05. The molecular formula is C26H26Cl2N2O4. The molecule has 3 aromatic rings. The lowest BCUT2D eigenvalue weighted by molar-refractivity contribution is -0.131. The van der Waals surface area contributed by atoms with Crippen molar-refractivity contribution in [2.24, 2.45) is 0 Å². The molecule has 1 aliphatic carbocycles. The fraction of sp³-hybridized carbons (Fsp3) is 0.231. The molecular weight excluding hydrogens is 475 g/mol. The number of fused-ring (bicyclic) bond motifs is 1. The van der Waals surface area contributed by atoms with E-state index in [0.717, 1.165) is 30.9 Å². The van der Waals surface area contributed by atoms with E-state index >= 15 is 0 Å². The van der Waals surface area contributed by atoms with Crippen LogP contribution in [0.1, 0.15) is 34.8 Å². The van der Waals surface area contributed by atoms with Crippen molar-refractivity contribution in [3.63, 3.8) is 0 Å². The fourth-order valence-electron chi connectivity index (χ4n) is 3.92. The number of aromatic nitrogens is 1. The molecule has 2 aromatic carbocycles. The summed E-state index contributed by atoms with van der Waals surface area (Å²) in [4.78, 5) is 14.9. The molecule has 0 radical (unpaired) electrons. The van der Waals surface area contributed by atoms with Crippen molar-refractivity contribution in [2.45, 2.75) is 31.4 Å². The number of carbonyl (C=O) groups is 1. The molecule has 34 heavy (non-hydrogen) atoms. The molecule has 0 aliphatic heterocycles. The highest BCUT2D eigenvalue weighted by Gasteiger charge is 2.20. The van der Waals surface area contributed by atoms with E-state index in [2.05, 4.69) is 16.4 Å². The lowest BCUT2D eigenvalue weighted by atomic mass is 9.88. The van der Waals surface area contributed by atoms with Crippen molar-refractivity contribution in [1.82, 2.24) is 10.3 Å². The van der Waals surface area contributed by atoms with Crippen LogP contribution >= 0.6 is 24.0 Å². The zero-order chi connectivity index (χ0) is 23.2. The van der Waals surface area contributed by atoms with Gasteiger partial charge in [-0.3, -0.25) is 0 Å². The van der Waals surface area contributed by atoms with Gasteiger partial charge in [-0.25, -0.2) is 9.78 Å². The standard InChI is InChI=1S/C26H25ClN2O4.ClH/c27-21-3-1-2-19(12-21)24(30)16-28-22-8-6-18-7-9-23(14-20(18)13-22)33-25-10-4-17(15-29-25)5-11-26(31)32;/h1-5,7,9-12,14-15,22,24,28,30H,6,8,13,16H2,(H,31,32);1H/t22-,24+;/m0./s1. The second-order valence-corrected chi connectivity index (χ2v) is 8.49. The number of carboxylic acids is 1. The first-order valence-corrected chi connectivity index (χ1v) is 11.2. The zero-order valence-electron chi connectivity index (χ0n) is 18.4. The molecule has 0 unspecified atom stereocenters. The minimum Gasteiger partial charge on any atom is -0.478 e. The predicted molar refractivity (Wildman–Crippen MR) is 135 cm³/mol. The van der Waals surface area contributed by atoms with Gasteiger partial charge < -0.3 is 20.3 Å². The third-order valence-corrected chi connectivity index (χ3v) is 5.87. The smallest absolute Gasteiger partial charge is 0.328 e. The number of hydrogen-bond acceptors (Lipinski definition) is 5. The average molecular weight is 501 g/mol. The predicted octanol–water partition coefficient (Wildman–Crippen LogP) is 5.23. The summed E-state index contributed by atoms with van der Waals surface area (Å²) < 4.78 is 5.90. The molecule has 0 saturated carbocycles. The number of ether oxygens (including phenoxy) is 1. The van der Waals surface area contributed by atoms with Crippen LogP contribution in [-0.4, -0.2) is 33.8 Å². The topological polar surface area (TPSA) is 91.7 Å². The quantitative estimate of drug-likeness (QED) is 0.367. The van der Waals surface area contributed by atoms with Crippen molar-refractivity contribution < 1.29 is 19.7 Å². The molecule has 0 spiro atoms. The van der Waals surface area contributed by atoms with Crippen LogP contribution in [0.5, 0.6) is 11.6 Å². The van der Waals surface area contributed by atoms with Gasteiger partial charge in [-0.15, -0.1) is 12.4 Å². The first kappa shape index (κ1) is 25.7. The number of rotatable bonds is 8. The van der Waals surface area contributed by atoms with Gasteiger partial charge in [-0.1, -0.05) is 29.8 Å². The molecule has 2 atom stereocenters. The normalized spacial score (nSPS) is 15.9. The Morgan fingerprint density at radius 1 is 1.21 bits per heavy atom. The number of pyridine rings is 1. The Kier molecular flexibility index (Phi) is 9.07. The Morgan fingerprint density at radius 3 is 2.79 bits per heavy atom. The van der Waals surface area contributed by atoms with Gasteiger partial charge in [-0.2, -0.15) is 0 Å². The van der Waals surface area contributed by atoms with Gasteiger partial charge in [0, 0.05) is 35.9 Å². The fourth-order valence-corrected chi connectivity index (χ4v) is 4.12. The summed E-state index contributed by atoms with van der Waals surface area (Å²) in [5.74, 6) is 0.142. The van der Waals surface area contributed by atoms with Crippen LogP contribution in [0, 0.1) is 0 Å². The van der Waals surface area contributed by atoms with Crippen molar-refractivity contribution in [3.8, 4) is 11.6 Å². The van der Waals surface area contributed by atoms with E-state index in [1.54, 1.807) is 30.5 Å². The number of hydrogen-bond donors (Lipinski definition) is 3. The lowest BCUT2D eigenvalue weighted by Gasteiger charge is -2.27. The molecule has 3 N–H and O–H groups in total.